The first-order valence-corrected chi connectivity index (χ1v) is 14.2. The fraction of sp³-hybridized carbons (Fsp3) is 0.219. The topological polar surface area (TPSA) is 118 Å². The van der Waals surface area contributed by atoms with Crippen molar-refractivity contribution in [2.24, 2.45) is 5.92 Å². The largest absolute Gasteiger partial charge is 0.478 e. The highest BCUT2D eigenvalue weighted by molar-refractivity contribution is 7.99. The third kappa shape index (κ3) is 7.01. The molecule has 4 atom stereocenters. The van der Waals surface area contributed by atoms with Gasteiger partial charge in [0.15, 0.2) is 6.29 Å². The number of aromatic nitrogens is 1. The number of nitrogens with one attached hydrogen (secondary N) is 1. The quantitative estimate of drug-likeness (QED) is 0.206. The summed E-state index contributed by atoms with van der Waals surface area (Å²) in [5.41, 5.74) is 3.86. The van der Waals surface area contributed by atoms with Crippen LogP contribution in [0, 0.1) is 5.92 Å². The van der Waals surface area contributed by atoms with E-state index in [4.69, 9.17) is 9.47 Å². The number of aliphatic hydroxyl groups is 1. The molecule has 1 amide bonds. The first kappa shape index (κ1) is 28.5. The van der Waals surface area contributed by atoms with Crippen LogP contribution in [-0.4, -0.2) is 38.9 Å². The summed E-state index contributed by atoms with van der Waals surface area (Å²) in [6.45, 7) is 2.05. The summed E-state index contributed by atoms with van der Waals surface area (Å²) in [6, 6.07) is 25.3. The molecule has 0 saturated carbocycles. The molecule has 210 valence electrons. The number of nitrogens with zero attached hydrogens (tertiary/aromatic N) is 1. The predicted molar refractivity (Wildman–Crippen MR) is 156 cm³/mol. The van der Waals surface area contributed by atoms with Crippen LogP contribution >= 0.6 is 11.8 Å². The Morgan fingerprint density at radius 1 is 0.927 bits per heavy atom. The first-order valence-electron chi connectivity index (χ1n) is 13.2. The van der Waals surface area contributed by atoms with Crippen molar-refractivity contribution in [2.75, 3.05) is 11.1 Å². The number of thioether (sulfide) groups is 1. The van der Waals surface area contributed by atoms with Crippen molar-refractivity contribution in [3.63, 3.8) is 0 Å². The van der Waals surface area contributed by atoms with Crippen LogP contribution in [0.2, 0.25) is 0 Å². The lowest BCUT2D eigenvalue weighted by Gasteiger charge is -2.41. The molecule has 4 aromatic rings. The Balaban J connectivity index is 1.37. The van der Waals surface area contributed by atoms with Gasteiger partial charge in [0.1, 0.15) is 0 Å². The van der Waals surface area contributed by atoms with E-state index >= 15 is 0 Å². The Morgan fingerprint density at radius 3 is 2.39 bits per heavy atom. The number of pyridine rings is 1. The maximum atomic E-state index is 12.7. The van der Waals surface area contributed by atoms with Gasteiger partial charge in [0.05, 0.1) is 29.9 Å². The van der Waals surface area contributed by atoms with Crippen molar-refractivity contribution in [1.29, 1.82) is 0 Å². The van der Waals surface area contributed by atoms with Crippen LogP contribution in [-0.2, 0) is 16.1 Å². The van der Waals surface area contributed by atoms with Gasteiger partial charge in [-0.2, -0.15) is 0 Å². The van der Waals surface area contributed by atoms with E-state index in [1.165, 1.54) is 6.20 Å². The molecule has 0 bridgehead atoms. The number of amides is 1. The summed E-state index contributed by atoms with van der Waals surface area (Å²) in [6.07, 6.45) is 1.95. The average Bonchev–Trinajstić information content (AvgIpc) is 3.01. The van der Waals surface area contributed by atoms with Crippen LogP contribution in [0.5, 0.6) is 0 Å². The van der Waals surface area contributed by atoms with E-state index < -0.39 is 12.3 Å². The van der Waals surface area contributed by atoms with Gasteiger partial charge in [0.25, 0.3) is 5.91 Å². The Morgan fingerprint density at radius 2 is 1.71 bits per heavy atom. The zero-order valence-corrected chi connectivity index (χ0v) is 23.2. The van der Waals surface area contributed by atoms with Gasteiger partial charge in [-0.1, -0.05) is 43.3 Å². The number of carbonyl (C=O) groups excluding carboxylic acids is 1. The van der Waals surface area contributed by atoms with E-state index in [9.17, 15) is 19.8 Å². The fourth-order valence-electron chi connectivity index (χ4n) is 4.65. The summed E-state index contributed by atoms with van der Waals surface area (Å²) in [7, 11) is 0. The number of hydrogen-bond acceptors (Lipinski definition) is 7. The number of benzene rings is 3. The molecule has 1 aliphatic rings. The summed E-state index contributed by atoms with van der Waals surface area (Å²) in [4.78, 5) is 28.9. The van der Waals surface area contributed by atoms with Gasteiger partial charge < -0.3 is 25.0 Å². The highest BCUT2D eigenvalue weighted by Gasteiger charge is 2.38. The molecule has 0 spiro atoms. The van der Waals surface area contributed by atoms with Gasteiger partial charge in [-0.05, 0) is 59.7 Å². The molecule has 3 aromatic carbocycles. The average molecular weight is 571 g/mol. The number of rotatable bonds is 9. The summed E-state index contributed by atoms with van der Waals surface area (Å²) >= 11 is 1.59. The molecule has 1 fully saturated rings. The van der Waals surface area contributed by atoms with Gasteiger partial charge >= 0.3 is 5.97 Å². The van der Waals surface area contributed by atoms with Crippen LogP contribution in [0.25, 0.3) is 0 Å². The second kappa shape index (κ2) is 13.1. The molecule has 0 unspecified atom stereocenters. The summed E-state index contributed by atoms with van der Waals surface area (Å²) in [5.74, 6) is -0.611. The lowest BCUT2D eigenvalue weighted by molar-refractivity contribution is -0.268. The van der Waals surface area contributed by atoms with Crippen molar-refractivity contribution in [2.45, 2.75) is 36.9 Å². The SMILES string of the molecule is C[C@@H]1[C@H](CSc2ccc(C(=O)O)cc2)O[C@H](c2cccc(NC(=O)c3cccnc3)c2)O[C@@H]1c1ccc(CO)cc1. The highest BCUT2D eigenvalue weighted by atomic mass is 32.2. The lowest BCUT2D eigenvalue weighted by Crippen LogP contribution is -2.38. The van der Waals surface area contributed by atoms with E-state index in [0.29, 0.717) is 17.0 Å². The summed E-state index contributed by atoms with van der Waals surface area (Å²) in [5, 5.41) is 21.6. The number of hydrogen-bond donors (Lipinski definition) is 3. The third-order valence-corrected chi connectivity index (χ3v) is 8.08. The Kier molecular flexibility index (Phi) is 9.11. The maximum Gasteiger partial charge on any atom is 0.335 e. The fourth-order valence-corrected chi connectivity index (χ4v) is 5.71. The van der Waals surface area contributed by atoms with E-state index in [1.807, 2.05) is 48.5 Å². The molecule has 41 heavy (non-hydrogen) atoms. The second-order valence-corrected chi connectivity index (χ2v) is 10.9. The van der Waals surface area contributed by atoms with E-state index in [1.54, 1.807) is 54.4 Å². The number of anilines is 1. The number of aromatic carboxylic acids is 1. The number of carbonyl (C=O) groups is 2. The summed E-state index contributed by atoms with van der Waals surface area (Å²) < 4.78 is 13.0. The minimum atomic E-state index is -0.959. The predicted octanol–water partition coefficient (Wildman–Crippen LogP) is 6.11. The minimum absolute atomic E-state index is 0.00881. The number of aliphatic hydroxyl groups excluding tert-OH is 1. The Bertz CT molecular complexity index is 1480. The van der Waals surface area contributed by atoms with Gasteiger partial charge in [-0.25, -0.2) is 4.79 Å². The van der Waals surface area contributed by atoms with Crippen molar-refractivity contribution in [3.8, 4) is 0 Å². The Labute approximate surface area is 242 Å². The lowest BCUT2D eigenvalue weighted by atomic mass is 9.91. The number of carboxylic acid groups (broad SMARTS) is 1. The zero-order chi connectivity index (χ0) is 28.8. The molecule has 5 rings (SSSR count). The molecule has 2 heterocycles. The van der Waals surface area contributed by atoms with Crippen LogP contribution in [0.3, 0.4) is 0 Å². The minimum Gasteiger partial charge on any atom is -0.478 e. The van der Waals surface area contributed by atoms with Crippen molar-refractivity contribution < 1.29 is 29.3 Å². The van der Waals surface area contributed by atoms with Crippen molar-refractivity contribution >= 4 is 29.3 Å². The van der Waals surface area contributed by atoms with Crippen LogP contribution in [0.1, 0.15) is 56.7 Å². The van der Waals surface area contributed by atoms with Crippen molar-refractivity contribution in [1.82, 2.24) is 4.98 Å². The molecule has 9 heteroatoms. The first-order chi connectivity index (χ1) is 19.9. The monoisotopic (exact) mass is 570 g/mol. The molecule has 3 N–H and O–H groups in total. The molecule has 0 radical (unpaired) electrons. The third-order valence-electron chi connectivity index (χ3n) is 6.98. The molecular formula is C32H30N2O6S. The smallest absolute Gasteiger partial charge is 0.335 e. The van der Waals surface area contributed by atoms with Gasteiger partial charge in [0, 0.05) is 40.2 Å². The standard InChI is InChI=1S/C32H30N2O6S/c1-20-28(19-41-27-13-11-23(12-14-27)31(37)38)39-32(40-29(20)22-9-7-21(18-35)8-10-22)24-4-2-6-26(16-24)34-30(36)25-5-3-15-33-17-25/h2-17,20,28-29,32,35H,18-19H2,1H3,(H,34,36)(H,37,38)/t20-,28+,29+,32+/m1/s1. The van der Waals surface area contributed by atoms with E-state index in [-0.39, 0.29) is 36.2 Å². The maximum absolute atomic E-state index is 12.7. The molecule has 8 nitrogen and oxygen atoms in total. The van der Waals surface area contributed by atoms with E-state index in [2.05, 4.69) is 17.2 Å². The number of carboxylic acids is 1. The molecular weight excluding hydrogens is 540 g/mol. The molecule has 0 aliphatic carbocycles. The zero-order valence-electron chi connectivity index (χ0n) is 22.3. The molecule has 1 aromatic heterocycles. The van der Waals surface area contributed by atoms with Crippen LogP contribution < -0.4 is 5.32 Å². The van der Waals surface area contributed by atoms with E-state index in [0.717, 1.165) is 21.6 Å². The molecule has 1 aliphatic heterocycles. The molecule has 1 saturated heterocycles. The highest BCUT2D eigenvalue weighted by Crippen LogP contribution is 2.43. The van der Waals surface area contributed by atoms with Crippen LogP contribution in [0.15, 0.2) is 102 Å². The number of ether oxygens (including phenoxy) is 2. The van der Waals surface area contributed by atoms with Crippen LogP contribution in [0.4, 0.5) is 5.69 Å². The van der Waals surface area contributed by atoms with Gasteiger partial charge in [-0.15, -0.1) is 11.8 Å². The second-order valence-electron chi connectivity index (χ2n) is 9.78. The van der Waals surface area contributed by atoms with Gasteiger partial charge in [-0.3, -0.25) is 9.78 Å². The normalized spacial score (nSPS) is 20.3. The van der Waals surface area contributed by atoms with Crippen molar-refractivity contribution in [3.05, 3.63) is 125 Å². The Hall–Kier alpha value is -4.02. The van der Waals surface area contributed by atoms with Gasteiger partial charge in [0.2, 0.25) is 0 Å².